The molecule has 3 atom stereocenters. The van der Waals surface area contributed by atoms with Gasteiger partial charge in [0.2, 0.25) is 5.88 Å². The van der Waals surface area contributed by atoms with Crippen LogP contribution in [0.3, 0.4) is 0 Å². The van der Waals surface area contributed by atoms with Gasteiger partial charge in [0.15, 0.2) is 0 Å². The summed E-state index contributed by atoms with van der Waals surface area (Å²) < 4.78 is 6.32. The van der Waals surface area contributed by atoms with E-state index >= 15 is 0 Å². The van der Waals surface area contributed by atoms with Crippen LogP contribution in [0, 0.1) is 16.7 Å². The van der Waals surface area contributed by atoms with Crippen LogP contribution in [0.25, 0.3) is 0 Å². The molecule has 2 bridgehead atoms. The second kappa shape index (κ2) is 4.59. The molecule has 0 amide bonds. The number of fused-ring (bicyclic) bond motifs is 2. The van der Waals surface area contributed by atoms with Gasteiger partial charge in [-0.25, -0.2) is 9.97 Å². The molecule has 0 aliphatic heterocycles. The summed E-state index contributed by atoms with van der Waals surface area (Å²) in [5.74, 6) is 1.45. The monoisotopic (exact) mass is 294 g/mol. The first kappa shape index (κ1) is 14.1. The highest BCUT2D eigenvalue weighted by Gasteiger charge is 2.62. The standard InChI is InChI=1S/C16H23ClN2O/c1-5-11-13(17)18-9-19-14(11)20-12-8-10-6-7-16(12,4)15(10,2)3/h9-10,12H,5-8H2,1-4H3. The van der Waals surface area contributed by atoms with Gasteiger partial charge in [-0.3, -0.25) is 0 Å². The topological polar surface area (TPSA) is 35.0 Å². The molecule has 1 aromatic heterocycles. The Morgan fingerprint density at radius 3 is 2.65 bits per heavy atom. The van der Waals surface area contributed by atoms with Gasteiger partial charge in [-0.1, -0.05) is 39.3 Å². The van der Waals surface area contributed by atoms with Crippen molar-refractivity contribution in [3.05, 3.63) is 17.0 Å². The zero-order valence-corrected chi connectivity index (χ0v) is 13.5. The van der Waals surface area contributed by atoms with E-state index in [1.54, 1.807) is 0 Å². The lowest BCUT2D eigenvalue weighted by molar-refractivity contribution is 0.0266. The second-order valence-corrected chi connectivity index (χ2v) is 7.38. The Morgan fingerprint density at radius 2 is 2.10 bits per heavy atom. The molecule has 1 heterocycles. The third kappa shape index (κ3) is 1.78. The smallest absolute Gasteiger partial charge is 0.221 e. The van der Waals surface area contributed by atoms with E-state index in [0.29, 0.717) is 16.4 Å². The first-order chi connectivity index (χ1) is 9.40. The molecule has 3 unspecified atom stereocenters. The van der Waals surface area contributed by atoms with Gasteiger partial charge < -0.3 is 4.74 Å². The maximum absolute atomic E-state index is 6.32. The first-order valence-electron chi connectivity index (χ1n) is 7.56. The molecule has 2 saturated carbocycles. The Morgan fingerprint density at radius 1 is 1.35 bits per heavy atom. The highest BCUT2D eigenvalue weighted by atomic mass is 35.5. The largest absolute Gasteiger partial charge is 0.473 e. The molecule has 20 heavy (non-hydrogen) atoms. The summed E-state index contributed by atoms with van der Waals surface area (Å²) in [6.45, 7) is 9.21. The summed E-state index contributed by atoms with van der Waals surface area (Å²) in [4.78, 5) is 8.37. The fourth-order valence-electron chi connectivity index (χ4n) is 4.22. The van der Waals surface area contributed by atoms with E-state index in [1.807, 2.05) is 0 Å². The lowest BCUT2D eigenvalue weighted by atomic mass is 9.70. The van der Waals surface area contributed by atoms with Crippen LogP contribution < -0.4 is 4.74 Å². The highest BCUT2D eigenvalue weighted by molar-refractivity contribution is 6.30. The Kier molecular flexibility index (Phi) is 3.24. The van der Waals surface area contributed by atoms with Crippen LogP contribution in [0.5, 0.6) is 5.88 Å². The van der Waals surface area contributed by atoms with Gasteiger partial charge in [-0.15, -0.1) is 0 Å². The van der Waals surface area contributed by atoms with E-state index in [0.717, 1.165) is 24.3 Å². The number of hydrogen-bond donors (Lipinski definition) is 0. The number of aromatic nitrogens is 2. The molecule has 2 aliphatic carbocycles. The predicted molar refractivity (Wildman–Crippen MR) is 80.1 cm³/mol. The van der Waals surface area contributed by atoms with Crippen molar-refractivity contribution in [3.8, 4) is 5.88 Å². The van der Waals surface area contributed by atoms with Crippen LogP contribution in [0.15, 0.2) is 6.33 Å². The summed E-state index contributed by atoms with van der Waals surface area (Å²) in [6.07, 6.45) is 6.24. The minimum atomic E-state index is 0.236. The molecule has 4 heteroatoms. The minimum absolute atomic E-state index is 0.236. The van der Waals surface area contributed by atoms with Crippen molar-refractivity contribution in [1.29, 1.82) is 0 Å². The van der Waals surface area contributed by atoms with Crippen LogP contribution >= 0.6 is 11.6 Å². The maximum Gasteiger partial charge on any atom is 0.221 e. The average Bonchev–Trinajstić information content (AvgIpc) is 2.72. The number of rotatable bonds is 3. The number of ether oxygens (including phenoxy) is 1. The maximum atomic E-state index is 6.32. The first-order valence-corrected chi connectivity index (χ1v) is 7.94. The van der Waals surface area contributed by atoms with Crippen molar-refractivity contribution in [3.63, 3.8) is 0 Å². The zero-order valence-electron chi connectivity index (χ0n) is 12.7. The van der Waals surface area contributed by atoms with Gasteiger partial charge in [-0.05, 0) is 37.0 Å². The van der Waals surface area contributed by atoms with Crippen LogP contribution in [0.4, 0.5) is 0 Å². The van der Waals surface area contributed by atoms with Crippen LogP contribution in [-0.4, -0.2) is 16.1 Å². The number of halogens is 1. The van der Waals surface area contributed by atoms with Gasteiger partial charge >= 0.3 is 0 Å². The van der Waals surface area contributed by atoms with Crippen molar-refractivity contribution < 1.29 is 4.74 Å². The molecule has 3 rings (SSSR count). The van der Waals surface area contributed by atoms with Crippen LogP contribution in [0.1, 0.15) is 52.5 Å². The summed E-state index contributed by atoms with van der Waals surface area (Å²) in [5, 5.41) is 0.519. The minimum Gasteiger partial charge on any atom is -0.473 e. The number of nitrogens with zero attached hydrogens (tertiary/aromatic N) is 2. The zero-order chi connectivity index (χ0) is 14.5. The summed E-state index contributed by atoms with van der Waals surface area (Å²) in [6, 6.07) is 0. The van der Waals surface area contributed by atoms with E-state index in [9.17, 15) is 0 Å². The quantitative estimate of drug-likeness (QED) is 0.780. The van der Waals surface area contributed by atoms with Gasteiger partial charge in [0.05, 0.1) is 5.56 Å². The molecule has 3 nitrogen and oxygen atoms in total. The highest BCUT2D eigenvalue weighted by Crippen LogP contribution is 2.66. The molecule has 0 N–H and O–H groups in total. The molecule has 1 aromatic rings. The van der Waals surface area contributed by atoms with E-state index in [1.165, 1.54) is 19.2 Å². The van der Waals surface area contributed by atoms with Gasteiger partial charge in [0.1, 0.15) is 17.6 Å². The van der Waals surface area contributed by atoms with Crippen molar-refractivity contribution in [2.24, 2.45) is 16.7 Å². The number of hydrogen-bond acceptors (Lipinski definition) is 3. The summed E-state index contributed by atoms with van der Waals surface area (Å²) >= 11 is 6.15. The Bertz CT molecular complexity index is 531. The van der Waals surface area contributed by atoms with E-state index < -0.39 is 0 Å². The molecular formula is C16H23ClN2O. The third-order valence-electron chi connectivity index (χ3n) is 6.17. The molecule has 0 radical (unpaired) electrons. The lowest BCUT2D eigenvalue weighted by Gasteiger charge is -2.38. The van der Waals surface area contributed by atoms with Crippen molar-refractivity contribution in [2.45, 2.75) is 59.5 Å². The third-order valence-corrected chi connectivity index (χ3v) is 6.50. The summed E-state index contributed by atoms with van der Waals surface area (Å²) in [5.41, 5.74) is 1.51. The van der Waals surface area contributed by atoms with Crippen molar-refractivity contribution in [1.82, 2.24) is 9.97 Å². The fourth-order valence-corrected chi connectivity index (χ4v) is 4.48. The van der Waals surface area contributed by atoms with Crippen LogP contribution in [0.2, 0.25) is 5.15 Å². The molecule has 0 spiro atoms. The van der Waals surface area contributed by atoms with Crippen molar-refractivity contribution in [2.75, 3.05) is 0 Å². The molecule has 110 valence electrons. The Hall–Kier alpha value is -0.830. The Balaban J connectivity index is 1.89. The van der Waals surface area contributed by atoms with E-state index in [2.05, 4.69) is 37.7 Å². The normalized spacial score (nSPS) is 34.5. The predicted octanol–water partition coefficient (Wildman–Crippen LogP) is 4.29. The lowest BCUT2D eigenvalue weighted by Crippen LogP contribution is -2.39. The van der Waals surface area contributed by atoms with Crippen molar-refractivity contribution >= 4 is 11.6 Å². The van der Waals surface area contributed by atoms with Gasteiger partial charge in [0, 0.05) is 5.41 Å². The second-order valence-electron chi connectivity index (χ2n) is 7.02. The molecule has 2 fully saturated rings. The van der Waals surface area contributed by atoms with Gasteiger partial charge in [-0.2, -0.15) is 0 Å². The molecule has 0 saturated heterocycles. The fraction of sp³-hybridized carbons (Fsp3) is 0.750. The Labute approximate surface area is 126 Å². The van der Waals surface area contributed by atoms with Gasteiger partial charge in [0.25, 0.3) is 0 Å². The molecular weight excluding hydrogens is 272 g/mol. The average molecular weight is 295 g/mol. The van der Waals surface area contributed by atoms with E-state index in [-0.39, 0.29) is 11.5 Å². The molecule has 2 aliphatic rings. The van der Waals surface area contributed by atoms with Crippen LogP contribution in [-0.2, 0) is 6.42 Å². The molecule has 0 aromatic carbocycles. The SMILES string of the molecule is CCc1c(Cl)ncnc1OC1CC2CCC1(C)C2(C)C. The summed E-state index contributed by atoms with van der Waals surface area (Å²) in [7, 11) is 0. The van der Waals surface area contributed by atoms with E-state index in [4.69, 9.17) is 16.3 Å².